The van der Waals surface area contributed by atoms with E-state index in [2.05, 4.69) is 10.3 Å². The van der Waals surface area contributed by atoms with Crippen LogP contribution < -0.4 is 14.8 Å². The first kappa shape index (κ1) is 22.0. The first-order valence-corrected chi connectivity index (χ1v) is 10.7. The number of hydrogen-bond donors (Lipinski definition) is 1. The predicted octanol–water partition coefficient (Wildman–Crippen LogP) is 5.76. The summed E-state index contributed by atoms with van der Waals surface area (Å²) in [7, 11) is 3.48. The number of anilines is 1. The highest BCUT2D eigenvalue weighted by atomic mass is 35.5. The molecule has 0 radical (unpaired) electrons. The van der Waals surface area contributed by atoms with Gasteiger partial charge in [-0.25, -0.2) is 4.98 Å². The minimum atomic E-state index is -0.256. The second-order valence-electron chi connectivity index (χ2n) is 7.21. The van der Waals surface area contributed by atoms with Crippen LogP contribution in [0.4, 0.5) is 5.69 Å². The molecular formula is C24H21Cl2N3O3. The molecule has 0 saturated heterocycles. The lowest BCUT2D eigenvalue weighted by molar-refractivity contribution is 0.102. The highest BCUT2D eigenvalue weighted by Crippen LogP contribution is 2.29. The van der Waals surface area contributed by atoms with Gasteiger partial charge in [0.15, 0.2) is 11.5 Å². The van der Waals surface area contributed by atoms with Gasteiger partial charge in [-0.3, -0.25) is 4.79 Å². The lowest BCUT2D eigenvalue weighted by atomic mass is 10.1. The second-order valence-corrected chi connectivity index (χ2v) is 8.06. The Hall–Kier alpha value is -3.22. The smallest absolute Gasteiger partial charge is 0.255 e. The summed E-state index contributed by atoms with van der Waals surface area (Å²) in [6.45, 7) is 0.360. The fraction of sp³-hybridized carbons (Fsp3) is 0.167. The lowest BCUT2D eigenvalue weighted by Gasteiger charge is -2.13. The molecule has 1 amide bonds. The van der Waals surface area contributed by atoms with E-state index in [1.54, 1.807) is 43.8 Å². The normalized spacial score (nSPS) is 10.9. The van der Waals surface area contributed by atoms with Gasteiger partial charge in [-0.2, -0.15) is 0 Å². The zero-order valence-electron chi connectivity index (χ0n) is 17.6. The Bertz CT molecular complexity index is 1290. The van der Waals surface area contributed by atoms with E-state index in [1.165, 1.54) is 0 Å². The third kappa shape index (κ3) is 4.82. The molecule has 0 bridgehead atoms. The summed E-state index contributed by atoms with van der Waals surface area (Å²) in [5.74, 6) is 0.762. The molecule has 0 fully saturated rings. The van der Waals surface area contributed by atoms with Crippen molar-refractivity contribution in [2.24, 2.45) is 7.05 Å². The minimum Gasteiger partial charge on any atom is -0.493 e. The van der Waals surface area contributed by atoms with Gasteiger partial charge in [-0.1, -0.05) is 29.3 Å². The Morgan fingerprint density at radius 2 is 1.91 bits per heavy atom. The maximum Gasteiger partial charge on any atom is 0.255 e. The number of hydrogen-bond acceptors (Lipinski definition) is 4. The van der Waals surface area contributed by atoms with Crippen molar-refractivity contribution < 1.29 is 14.3 Å². The molecule has 6 nitrogen and oxygen atoms in total. The fourth-order valence-electron chi connectivity index (χ4n) is 3.34. The number of amides is 1. The highest BCUT2D eigenvalue weighted by molar-refractivity contribution is 6.35. The van der Waals surface area contributed by atoms with Crippen LogP contribution in [0.1, 0.15) is 15.9 Å². The molecule has 0 spiro atoms. The summed E-state index contributed by atoms with van der Waals surface area (Å²) in [5.41, 5.74) is 3.84. The predicted molar refractivity (Wildman–Crippen MR) is 127 cm³/mol. The number of halogens is 2. The number of carbonyl (C=O) groups excluding carboxylic acids is 1. The van der Waals surface area contributed by atoms with Crippen LogP contribution in [-0.4, -0.2) is 29.2 Å². The molecule has 1 N–H and O–H groups in total. The van der Waals surface area contributed by atoms with E-state index >= 15 is 0 Å². The van der Waals surface area contributed by atoms with E-state index in [9.17, 15) is 4.79 Å². The molecule has 8 heteroatoms. The van der Waals surface area contributed by atoms with Crippen LogP contribution in [0, 0.1) is 0 Å². The van der Waals surface area contributed by atoms with Crippen LogP contribution >= 0.6 is 23.2 Å². The van der Waals surface area contributed by atoms with Crippen LogP contribution in [0.2, 0.25) is 10.0 Å². The fourth-order valence-corrected chi connectivity index (χ4v) is 3.85. The van der Waals surface area contributed by atoms with Crippen molar-refractivity contribution >= 4 is 45.8 Å². The molecular weight excluding hydrogens is 449 g/mol. The van der Waals surface area contributed by atoms with Gasteiger partial charge in [0.2, 0.25) is 0 Å². The van der Waals surface area contributed by atoms with Crippen LogP contribution in [0.15, 0.2) is 60.9 Å². The standard InChI is InChI=1S/C24H21Cl2N3O3/c1-29-14-27-20-13-18(6-7-21(20)29)28-24(30)16-4-8-22(31-2)23(11-16)32-10-9-15-3-5-17(25)12-19(15)26/h3-8,11-14H,9-10H2,1-2H3,(H,28,30). The van der Waals surface area contributed by atoms with Crippen molar-refractivity contribution in [2.45, 2.75) is 6.42 Å². The van der Waals surface area contributed by atoms with E-state index in [0.29, 0.717) is 45.8 Å². The number of nitrogens with zero attached hydrogens (tertiary/aromatic N) is 2. The molecule has 0 unspecified atom stereocenters. The van der Waals surface area contributed by atoms with Gasteiger partial charge in [0, 0.05) is 34.8 Å². The summed E-state index contributed by atoms with van der Waals surface area (Å²) >= 11 is 12.2. The van der Waals surface area contributed by atoms with Crippen molar-refractivity contribution in [1.29, 1.82) is 0 Å². The third-order valence-electron chi connectivity index (χ3n) is 5.05. The zero-order valence-corrected chi connectivity index (χ0v) is 19.1. The molecule has 1 heterocycles. The molecule has 1 aromatic heterocycles. The summed E-state index contributed by atoms with van der Waals surface area (Å²) < 4.78 is 13.2. The number of benzene rings is 3. The number of fused-ring (bicyclic) bond motifs is 1. The maximum absolute atomic E-state index is 12.8. The Morgan fingerprint density at radius 3 is 2.69 bits per heavy atom. The summed E-state index contributed by atoms with van der Waals surface area (Å²) in [6, 6.07) is 16.0. The molecule has 0 aliphatic carbocycles. The van der Waals surface area contributed by atoms with Crippen LogP contribution in [-0.2, 0) is 13.5 Å². The van der Waals surface area contributed by atoms with Gasteiger partial charge in [-0.05, 0) is 54.1 Å². The number of methoxy groups -OCH3 is 1. The Balaban J connectivity index is 1.46. The SMILES string of the molecule is COc1ccc(C(=O)Nc2ccc3c(c2)ncn3C)cc1OCCc1ccc(Cl)cc1Cl. The molecule has 3 aromatic carbocycles. The summed E-state index contributed by atoms with van der Waals surface area (Å²) in [6.07, 6.45) is 2.32. The van der Waals surface area contributed by atoms with Gasteiger partial charge in [0.05, 0.1) is 31.1 Å². The number of carbonyl (C=O) groups is 1. The van der Waals surface area contributed by atoms with Gasteiger partial charge >= 0.3 is 0 Å². The number of ether oxygens (including phenoxy) is 2. The molecule has 4 rings (SSSR count). The van der Waals surface area contributed by atoms with Gasteiger partial charge in [-0.15, -0.1) is 0 Å². The Morgan fingerprint density at radius 1 is 1.06 bits per heavy atom. The lowest BCUT2D eigenvalue weighted by Crippen LogP contribution is -2.12. The van der Waals surface area contributed by atoms with E-state index in [0.717, 1.165) is 16.6 Å². The number of nitrogens with one attached hydrogen (secondary N) is 1. The average molecular weight is 470 g/mol. The van der Waals surface area contributed by atoms with Gasteiger partial charge in [0.25, 0.3) is 5.91 Å². The van der Waals surface area contributed by atoms with E-state index < -0.39 is 0 Å². The maximum atomic E-state index is 12.8. The Kier molecular flexibility index (Phi) is 6.53. The average Bonchev–Trinajstić information content (AvgIpc) is 3.15. The van der Waals surface area contributed by atoms with Crippen molar-refractivity contribution in [3.8, 4) is 11.5 Å². The molecule has 0 saturated carbocycles. The van der Waals surface area contributed by atoms with E-state index in [1.807, 2.05) is 35.9 Å². The molecule has 0 aliphatic rings. The van der Waals surface area contributed by atoms with Gasteiger partial charge in [0.1, 0.15) is 0 Å². The minimum absolute atomic E-state index is 0.256. The van der Waals surface area contributed by atoms with Crippen molar-refractivity contribution in [2.75, 3.05) is 19.0 Å². The van der Waals surface area contributed by atoms with Crippen molar-refractivity contribution in [3.63, 3.8) is 0 Å². The van der Waals surface area contributed by atoms with Gasteiger partial charge < -0.3 is 19.4 Å². The van der Waals surface area contributed by atoms with Crippen LogP contribution in [0.5, 0.6) is 11.5 Å². The van der Waals surface area contributed by atoms with Crippen molar-refractivity contribution in [1.82, 2.24) is 9.55 Å². The molecule has 32 heavy (non-hydrogen) atoms. The monoisotopic (exact) mass is 469 g/mol. The van der Waals surface area contributed by atoms with Crippen molar-refractivity contribution in [3.05, 3.63) is 82.1 Å². The largest absolute Gasteiger partial charge is 0.493 e. The van der Waals surface area contributed by atoms with E-state index in [-0.39, 0.29) is 5.91 Å². The number of aryl methyl sites for hydroxylation is 1. The second kappa shape index (κ2) is 9.51. The molecule has 4 aromatic rings. The van der Waals surface area contributed by atoms with Crippen LogP contribution in [0.3, 0.4) is 0 Å². The number of rotatable bonds is 7. The van der Waals surface area contributed by atoms with E-state index in [4.69, 9.17) is 32.7 Å². The van der Waals surface area contributed by atoms with Crippen LogP contribution in [0.25, 0.3) is 11.0 Å². The molecule has 164 valence electrons. The molecule has 0 aliphatic heterocycles. The number of imidazole rings is 1. The number of aromatic nitrogens is 2. The quantitative estimate of drug-likeness (QED) is 0.373. The third-order valence-corrected chi connectivity index (χ3v) is 5.64. The highest BCUT2D eigenvalue weighted by Gasteiger charge is 2.13. The zero-order chi connectivity index (χ0) is 22.7. The topological polar surface area (TPSA) is 65.4 Å². The Labute approximate surface area is 195 Å². The summed E-state index contributed by atoms with van der Waals surface area (Å²) in [4.78, 5) is 17.1. The first-order valence-electron chi connectivity index (χ1n) is 9.92. The first-order chi connectivity index (χ1) is 15.4. The summed E-state index contributed by atoms with van der Waals surface area (Å²) in [5, 5.41) is 4.08. The molecule has 0 atom stereocenters.